The maximum Gasteiger partial charge on any atom is 0.312 e. The highest BCUT2D eigenvalue weighted by atomic mass is 16.2. The summed E-state index contributed by atoms with van der Waals surface area (Å²) in [6.07, 6.45) is 3.20. The van der Waals surface area contributed by atoms with Crippen molar-refractivity contribution in [2.75, 3.05) is 39.3 Å². The van der Waals surface area contributed by atoms with Crippen LogP contribution in [0.1, 0.15) is 24.8 Å². The molecule has 23 heavy (non-hydrogen) atoms. The molecule has 2 saturated heterocycles. The van der Waals surface area contributed by atoms with Crippen molar-refractivity contribution in [1.29, 1.82) is 0 Å². The average molecular weight is 315 g/mol. The lowest BCUT2D eigenvalue weighted by molar-refractivity contribution is -0.153. The van der Waals surface area contributed by atoms with Gasteiger partial charge >= 0.3 is 11.8 Å². The molecule has 0 bridgehead atoms. The van der Waals surface area contributed by atoms with Gasteiger partial charge in [0, 0.05) is 45.8 Å². The third-order valence-electron chi connectivity index (χ3n) is 4.73. The number of carbonyl (C=O) groups is 2. The van der Waals surface area contributed by atoms with E-state index in [1.165, 1.54) is 5.56 Å². The van der Waals surface area contributed by atoms with Crippen LogP contribution in [0.25, 0.3) is 0 Å². The van der Waals surface area contributed by atoms with Gasteiger partial charge in [-0.05, 0) is 24.8 Å². The van der Waals surface area contributed by atoms with Crippen LogP contribution < -0.4 is 0 Å². The number of nitrogens with zero attached hydrogens (tertiary/aromatic N) is 3. The number of hydrogen-bond acceptors (Lipinski definition) is 3. The van der Waals surface area contributed by atoms with E-state index in [0.29, 0.717) is 13.1 Å². The first-order chi connectivity index (χ1) is 11.2. The molecule has 0 N–H and O–H groups in total. The molecular formula is C18H25N3O2. The smallest absolute Gasteiger partial charge is 0.312 e. The van der Waals surface area contributed by atoms with Crippen molar-refractivity contribution in [3.05, 3.63) is 35.9 Å². The SMILES string of the molecule is O=C(C(=O)N1CCN(Cc2ccccc2)CC1)N1CCCCC1. The maximum atomic E-state index is 12.4. The third kappa shape index (κ3) is 4.10. The molecule has 1 aromatic carbocycles. The lowest BCUT2D eigenvalue weighted by Gasteiger charge is -2.35. The largest absolute Gasteiger partial charge is 0.334 e. The molecule has 5 heteroatoms. The van der Waals surface area contributed by atoms with E-state index in [-0.39, 0.29) is 11.8 Å². The fourth-order valence-corrected chi connectivity index (χ4v) is 3.32. The van der Waals surface area contributed by atoms with Gasteiger partial charge in [-0.3, -0.25) is 14.5 Å². The fraction of sp³-hybridized carbons (Fsp3) is 0.556. The molecule has 5 nitrogen and oxygen atoms in total. The topological polar surface area (TPSA) is 43.9 Å². The van der Waals surface area contributed by atoms with Gasteiger partial charge in [0.15, 0.2) is 0 Å². The van der Waals surface area contributed by atoms with Crippen LogP contribution in [0.15, 0.2) is 30.3 Å². The van der Waals surface area contributed by atoms with Gasteiger partial charge in [-0.25, -0.2) is 0 Å². The number of benzene rings is 1. The van der Waals surface area contributed by atoms with E-state index >= 15 is 0 Å². The Kier molecular flexibility index (Phi) is 5.28. The Labute approximate surface area is 137 Å². The van der Waals surface area contributed by atoms with Crippen molar-refractivity contribution in [3.8, 4) is 0 Å². The molecule has 3 rings (SSSR count). The highest BCUT2D eigenvalue weighted by Crippen LogP contribution is 2.12. The molecule has 0 radical (unpaired) electrons. The second kappa shape index (κ2) is 7.59. The molecule has 2 heterocycles. The Morgan fingerprint density at radius 2 is 1.30 bits per heavy atom. The molecule has 0 spiro atoms. The van der Waals surface area contributed by atoms with Gasteiger partial charge in [0.1, 0.15) is 0 Å². The molecule has 0 saturated carbocycles. The number of hydrogen-bond donors (Lipinski definition) is 0. The second-order valence-electron chi connectivity index (χ2n) is 6.41. The number of amides is 2. The van der Waals surface area contributed by atoms with E-state index in [0.717, 1.165) is 52.0 Å². The summed E-state index contributed by atoms with van der Waals surface area (Å²) in [7, 11) is 0. The lowest BCUT2D eigenvalue weighted by atomic mass is 10.1. The van der Waals surface area contributed by atoms with Crippen LogP contribution in [0.3, 0.4) is 0 Å². The van der Waals surface area contributed by atoms with E-state index in [1.54, 1.807) is 9.80 Å². The number of piperidine rings is 1. The van der Waals surface area contributed by atoms with Crippen LogP contribution in [0.2, 0.25) is 0 Å². The van der Waals surface area contributed by atoms with Crippen molar-refractivity contribution in [2.24, 2.45) is 0 Å². The van der Waals surface area contributed by atoms with E-state index < -0.39 is 0 Å². The van der Waals surface area contributed by atoms with Gasteiger partial charge in [0.05, 0.1) is 0 Å². The summed E-state index contributed by atoms with van der Waals surface area (Å²) in [4.78, 5) is 30.5. The molecule has 0 aliphatic carbocycles. The summed E-state index contributed by atoms with van der Waals surface area (Å²) in [5, 5.41) is 0. The lowest BCUT2D eigenvalue weighted by Crippen LogP contribution is -2.53. The third-order valence-corrected chi connectivity index (χ3v) is 4.73. The van der Waals surface area contributed by atoms with Crippen LogP contribution in [0.5, 0.6) is 0 Å². The van der Waals surface area contributed by atoms with Crippen LogP contribution >= 0.6 is 0 Å². The summed E-state index contributed by atoms with van der Waals surface area (Å²) >= 11 is 0. The summed E-state index contributed by atoms with van der Waals surface area (Å²) in [5.74, 6) is -0.618. The van der Waals surface area contributed by atoms with Gasteiger partial charge in [-0.2, -0.15) is 0 Å². The minimum absolute atomic E-state index is 0.304. The predicted molar refractivity (Wildman–Crippen MR) is 88.7 cm³/mol. The Hall–Kier alpha value is -1.88. The summed E-state index contributed by atoms with van der Waals surface area (Å²) in [5.41, 5.74) is 1.29. The van der Waals surface area contributed by atoms with Gasteiger partial charge in [-0.1, -0.05) is 30.3 Å². The molecule has 1 aromatic rings. The van der Waals surface area contributed by atoms with Crippen LogP contribution in [0.4, 0.5) is 0 Å². The first-order valence-corrected chi connectivity index (χ1v) is 8.58. The monoisotopic (exact) mass is 315 g/mol. The van der Waals surface area contributed by atoms with E-state index in [1.807, 2.05) is 18.2 Å². The molecule has 0 aromatic heterocycles. The normalized spacial score (nSPS) is 19.7. The minimum atomic E-state index is -0.314. The Morgan fingerprint density at radius 3 is 1.91 bits per heavy atom. The quantitative estimate of drug-likeness (QED) is 0.774. The second-order valence-corrected chi connectivity index (χ2v) is 6.41. The van der Waals surface area contributed by atoms with Gasteiger partial charge < -0.3 is 9.80 Å². The molecule has 2 fully saturated rings. The van der Waals surface area contributed by atoms with Gasteiger partial charge in [-0.15, -0.1) is 0 Å². The van der Waals surface area contributed by atoms with Gasteiger partial charge in [0.2, 0.25) is 0 Å². The fourth-order valence-electron chi connectivity index (χ4n) is 3.32. The highest BCUT2D eigenvalue weighted by Gasteiger charge is 2.30. The first kappa shape index (κ1) is 16.0. The molecule has 2 aliphatic rings. The number of carbonyl (C=O) groups excluding carboxylic acids is 2. The van der Waals surface area contributed by atoms with Crippen LogP contribution in [0, 0.1) is 0 Å². The zero-order valence-corrected chi connectivity index (χ0v) is 13.6. The minimum Gasteiger partial charge on any atom is -0.334 e. The van der Waals surface area contributed by atoms with Crippen molar-refractivity contribution in [1.82, 2.24) is 14.7 Å². The Morgan fingerprint density at radius 1 is 0.739 bits per heavy atom. The van der Waals surface area contributed by atoms with Crippen LogP contribution in [-0.2, 0) is 16.1 Å². The zero-order valence-electron chi connectivity index (χ0n) is 13.6. The molecule has 2 amide bonds. The molecule has 124 valence electrons. The van der Waals surface area contributed by atoms with Crippen LogP contribution in [-0.4, -0.2) is 65.8 Å². The maximum absolute atomic E-state index is 12.4. The van der Waals surface area contributed by atoms with Crippen molar-refractivity contribution >= 4 is 11.8 Å². The van der Waals surface area contributed by atoms with Crippen molar-refractivity contribution in [2.45, 2.75) is 25.8 Å². The number of rotatable bonds is 2. The summed E-state index contributed by atoms with van der Waals surface area (Å²) < 4.78 is 0. The molecular weight excluding hydrogens is 290 g/mol. The van der Waals surface area contributed by atoms with Gasteiger partial charge in [0.25, 0.3) is 0 Å². The average Bonchev–Trinajstić information content (AvgIpc) is 2.63. The molecule has 0 atom stereocenters. The zero-order chi connectivity index (χ0) is 16.1. The summed E-state index contributed by atoms with van der Waals surface area (Å²) in [6, 6.07) is 10.4. The molecule has 2 aliphatic heterocycles. The Balaban J connectivity index is 1.48. The van der Waals surface area contributed by atoms with Crippen molar-refractivity contribution in [3.63, 3.8) is 0 Å². The van der Waals surface area contributed by atoms with Crippen molar-refractivity contribution < 1.29 is 9.59 Å². The van der Waals surface area contributed by atoms with E-state index in [4.69, 9.17) is 0 Å². The predicted octanol–water partition coefficient (Wildman–Crippen LogP) is 1.34. The van der Waals surface area contributed by atoms with E-state index in [2.05, 4.69) is 17.0 Å². The van der Waals surface area contributed by atoms with E-state index in [9.17, 15) is 9.59 Å². The first-order valence-electron chi connectivity index (χ1n) is 8.58. The molecule has 0 unspecified atom stereocenters. The summed E-state index contributed by atoms with van der Waals surface area (Å²) in [6.45, 7) is 5.32. The highest BCUT2D eigenvalue weighted by molar-refractivity contribution is 6.34. The number of piperazine rings is 1. The number of likely N-dealkylation sites (tertiary alicyclic amines) is 1. The standard InChI is InChI=1S/C18H25N3O2/c22-17(20-9-5-2-6-10-20)18(23)21-13-11-19(12-14-21)15-16-7-3-1-4-8-16/h1,3-4,7-8H,2,5-6,9-15H2. The Bertz CT molecular complexity index is 532.